The van der Waals surface area contributed by atoms with Crippen molar-refractivity contribution in [3.63, 3.8) is 0 Å². The second kappa shape index (κ2) is 5.63. The van der Waals surface area contributed by atoms with Crippen molar-refractivity contribution in [1.29, 1.82) is 0 Å². The van der Waals surface area contributed by atoms with E-state index in [1.165, 1.54) is 0 Å². The molecule has 5 heteroatoms. The number of rotatable bonds is 4. The lowest BCUT2D eigenvalue weighted by Crippen LogP contribution is -2.15. The van der Waals surface area contributed by atoms with Gasteiger partial charge in [-0.25, -0.2) is 9.78 Å². The monoisotopic (exact) mass is 276 g/mol. The average molecular weight is 276 g/mol. The van der Waals surface area contributed by atoms with Crippen LogP contribution in [0.5, 0.6) is 0 Å². The summed E-state index contributed by atoms with van der Waals surface area (Å²) in [5.41, 5.74) is 2.28. The van der Waals surface area contributed by atoms with Crippen LogP contribution < -0.4 is 0 Å². The Bertz CT molecular complexity index is 631. The van der Waals surface area contributed by atoms with Crippen LogP contribution in [0.3, 0.4) is 0 Å². The van der Waals surface area contributed by atoms with Gasteiger partial charge in [-0.1, -0.05) is 6.07 Å². The van der Waals surface area contributed by atoms with Crippen LogP contribution in [0.2, 0.25) is 0 Å². The topological polar surface area (TPSA) is 64.3 Å². The summed E-state index contributed by atoms with van der Waals surface area (Å²) in [5.74, 6) is 0.282. The minimum atomic E-state index is -1.26. The van der Waals surface area contributed by atoms with Gasteiger partial charge in [-0.15, -0.1) is 0 Å². The molecule has 0 saturated heterocycles. The second-order valence-electron chi connectivity index (χ2n) is 5.03. The smallest absolute Gasteiger partial charge is 0.339 e. The standard InChI is InChI=1S/C15H20N2O3/c1-5-20-15(19)14(18)11-6-7-13-12(8-11)16-10(4)17(13)9(2)3/h6-9,14,18H,5H2,1-4H3. The summed E-state index contributed by atoms with van der Waals surface area (Å²) in [7, 11) is 0. The van der Waals surface area contributed by atoms with Gasteiger partial charge in [0.2, 0.25) is 0 Å². The van der Waals surface area contributed by atoms with Gasteiger partial charge in [0.15, 0.2) is 6.10 Å². The third-order valence-corrected chi connectivity index (χ3v) is 3.23. The van der Waals surface area contributed by atoms with Crippen molar-refractivity contribution in [2.75, 3.05) is 6.61 Å². The quantitative estimate of drug-likeness (QED) is 0.871. The number of hydrogen-bond donors (Lipinski definition) is 1. The van der Waals surface area contributed by atoms with Crippen molar-refractivity contribution in [2.24, 2.45) is 0 Å². The highest BCUT2D eigenvalue weighted by molar-refractivity contribution is 5.81. The SMILES string of the molecule is CCOC(=O)C(O)c1ccc2c(c1)nc(C)n2C(C)C. The first-order valence-electron chi connectivity index (χ1n) is 6.78. The van der Waals surface area contributed by atoms with Gasteiger partial charge in [0, 0.05) is 6.04 Å². The Hall–Kier alpha value is -1.88. The molecule has 0 aliphatic heterocycles. The predicted molar refractivity (Wildman–Crippen MR) is 76.4 cm³/mol. The Morgan fingerprint density at radius 1 is 1.45 bits per heavy atom. The van der Waals surface area contributed by atoms with Gasteiger partial charge in [0.25, 0.3) is 0 Å². The molecule has 1 heterocycles. The zero-order valence-corrected chi connectivity index (χ0v) is 12.3. The van der Waals surface area contributed by atoms with Gasteiger partial charge in [-0.3, -0.25) is 0 Å². The number of carbonyl (C=O) groups excluding carboxylic acids is 1. The van der Waals surface area contributed by atoms with Crippen LogP contribution in [0.4, 0.5) is 0 Å². The highest BCUT2D eigenvalue weighted by atomic mass is 16.5. The van der Waals surface area contributed by atoms with E-state index in [-0.39, 0.29) is 6.61 Å². The molecule has 20 heavy (non-hydrogen) atoms. The fraction of sp³-hybridized carbons (Fsp3) is 0.467. The maximum absolute atomic E-state index is 11.6. The number of ether oxygens (including phenoxy) is 1. The van der Waals surface area contributed by atoms with E-state index in [0.717, 1.165) is 16.9 Å². The van der Waals surface area contributed by atoms with Gasteiger partial charge >= 0.3 is 5.97 Å². The first kappa shape index (κ1) is 14.5. The van der Waals surface area contributed by atoms with Gasteiger partial charge in [0.05, 0.1) is 17.6 Å². The van der Waals surface area contributed by atoms with E-state index in [1.807, 2.05) is 13.0 Å². The van der Waals surface area contributed by atoms with Crippen molar-refractivity contribution < 1.29 is 14.6 Å². The maximum atomic E-state index is 11.6. The molecule has 0 bridgehead atoms. The van der Waals surface area contributed by atoms with Crippen molar-refractivity contribution in [3.05, 3.63) is 29.6 Å². The van der Waals surface area contributed by atoms with Crippen LogP contribution in [-0.4, -0.2) is 27.2 Å². The summed E-state index contributed by atoms with van der Waals surface area (Å²) in [6.07, 6.45) is -1.26. The maximum Gasteiger partial charge on any atom is 0.339 e. The van der Waals surface area contributed by atoms with Gasteiger partial charge in [0.1, 0.15) is 5.82 Å². The van der Waals surface area contributed by atoms with E-state index in [0.29, 0.717) is 11.6 Å². The van der Waals surface area contributed by atoms with Crippen LogP contribution in [0.15, 0.2) is 18.2 Å². The van der Waals surface area contributed by atoms with Crippen molar-refractivity contribution in [1.82, 2.24) is 9.55 Å². The molecule has 2 aromatic rings. The molecule has 0 fully saturated rings. The lowest BCUT2D eigenvalue weighted by Gasteiger charge is -2.12. The summed E-state index contributed by atoms with van der Waals surface area (Å²) >= 11 is 0. The number of aryl methyl sites for hydroxylation is 1. The van der Waals surface area contributed by atoms with Crippen LogP contribution in [0.1, 0.15) is 44.3 Å². The average Bonchev–Trinajstić information content (AvgIpc) is 2.72. The molecule has 0 spiro atoms. The Morgan fingerprint density at radius 3 is 2.75 bits per heavy atom. The largest absolute Gasteiger partial charge is 0.464 e. The molecule has 0 aliphatic carbocycles. The summed E-state index contributed by atoms with van der Waals surface area (Å²) in [6, 6.07) is 5.67. The van der Waals surface area contributed by atoms with Gasteiger partial charge in [-0.2, -0.15) is 0 Å². The van der Waals surface area contributed by atoms with Crippen molar-refractivity contribution in [2.45, 2.75) is 39.8 Å². The minimum absolute atomic E-state index is 0.249. The third-order valence-electron chi connectivity index (χ3n) is 3.23. The highest BCUT2D eigenvalue weighted by Gasteiger charge is 2.20. The van der Waals surface area contributed by atoms with Crippen LogP contribution in [0, 0.1) is 6.92 Å². The highest BCUT2D eigenvalue weighted by Crippen LogP contribution is 2.24. The predicted octanol–water partition coefficient (Wildman–Crippen LogP) is 2.52. The molecule has 108 valence electrons. The van der Waals surface area contributed by atoms with Gasteiger partial charge in [-0.05, 0) is 45.4 Å². The molecular formula is C15H20N2O3. The van der Waals surface area contributed by atoms with E-state index < -0.39 is 12.1 Å². The number of hydrogen-bond acceptors (Lipinski definition) is 4. The fourth-order valence-corrected chi connectivity index (χ4v) is 2.42. The second-order valence-corrected chi connectivity index (χ2v) is 5.03. The molecule has 1 atom stereocenters. The fourth-order valence-electron chi connectivity index (χ4n) is 2.42. The Morgan fingerprint density at radius 2 is 2.15 bits per heavy atom. The number of nitrogens with zero attached hydrogens (tertiary/aromatic N) is 2. The van der Waals surface area contributed by atoms with Crippen molar-refractivity contribution in [3.8, 4) is 0 Å². The molecule has 1 unspecified atom stereocenters. The summed E-state index contributed by atoms with van der Waals surface area (Å²) < 4.78 is 6.94. The molecule has 0 saturated carbocycles. The number of aromatic nitrogens is 2. The number of carbonyl (C=O) groups is 1. The number of esters is 1. The lowest BCUT2D eigenvalue weighted by molar-refractivity contribution is -0.153. The summed E-state index contributed by atoms with van der Waals surface area (Å²) in [4.78, 5) is 16.0. The van der Waals surface area contributed by atoms with E-state index in [1.54, 1.807) is 19.1 Å². The van der Waals surface area contributed by atoms with Crippen LogP contribution in [-0.2, 0) is 9.53 Å². The normalized spacial score (nSPS) is 12.9. The molecule has 0 aliphatic rings. The van der Waals surface area contributed by atoms with Crippen molar-refractivity contribution >= 4 is 17.0 Å². The molecule has 5 nitrogen and oxygen atoms in total. The number of benzene rings is 1. The number of aliphatic hydroxyl groups is 1. The minimum Gasteiger partial charge on any atom is -0.464 e. The number of fused-ring (bicyclic) bond motifs is 1. The summed E-state index contributed by atoms with van der Waals surface area (Å²) in [6.45, 7) is 8.09. The van der Waals surface area contributed by atoms with E-state index in [9.17, 15) is 9.90 Å². The molecule has 1 aromatic carbocycles. The lowest BCUT2D eigenvalue weighted by atomic mass is 10.1. The zero-order chi connectivity index (χ0) is 14.9. The number of imidazole rings is 1. The van der Waals surface area contributed by atoms with E-state index in [2.05, 4.69) is 23.4 Å². The molecule has 0 radical (unpaired) electrons. The first-order chi connectivity index (χ1) is 9.45. The van der Waals surface area contributed by atoms with Crippen LogP contribution >= 0.6 is 0 Å². The third kappa shape index (κ3) is 2.54. The summed E-state index contributed by atoms with van der Waals surface area (Å²) in [5, 5.41) is 9.96. The van der Waals surface area contributed by atoms with E-state index in [4.69, 9.17) is 4.74 Å². The first-order valence-corrected chi connectivity index (χ1v) is 6.78. The Labute approximate surface area is 118 Å². The zero-order valence-electron chi connectivity index (χ0n) is 12.3. The van der Waals surface area contributed by atoms with Gasteiger partial charge < -0.3 is 14.4 Å². The Balaban J connectivity index is 2.42. The van der Waals surface area contributed by atoms with Crippen LogP contribution in [0.25, 0.3) is 11.0 Å². The molecule has 1 N–H and O–H groups in total. The Kier molecular flexibility index (Phi) is 4.09. The molecule has 2 rings (SSSR count). The molecule has 1 aromatic heterocycles. The number of aliphatic hydroxyl groups excluding tert-OH is 1. The molecular weight excluding hydrogens is 256 g/mol. The molecule has 0 amide bonds. The van der Waals surface area contributed by atoms with E-state index >= 15 is 0 Å².